The normalized spacial score (nSPS) is 13.8. The molecule has 2 aromatic rings. The summed E-state index contributed by atoms with van der Waals surface area (Å²) in [5, 5.41) is 0. The number of fused-ring (bicyclic) bond motifs is 1. The van der Waals surface area contributed by atoms with E-state index in [1.807, 2.05) is 0 Å². The van der Waals surface area contributed by atoms with Crippen LogP contribution in [0.2, 0.25) is 0 Å². The van der Waals surface area contributed by atoms with Crippen molar-refractivity contribution in [1.82, 2.24) is 14.5 Å². The van der Waals surface area contributed by atoms with Gasteiger partial charge in [-0.1, -0.05) is 27.7 Å². The van der Waals surface area contributed by atoms with Crippen LogP contribution in [0.5, 0.6) is 0 Å². The molecule has 1 heterocycles. The number of aromatic nitrogens is 2. The average molecular weight is 341 g/mol. The smallest absolute Gasteiger partial charge is 0.326 e. The van der Waals surface area contributed by atoms with Gasteiger partial charge in [0.2, 0.25) is 0 Å². The van der Waals surface area contributed by atoms with Crippen molar-refractivity contribution in [3.63, 3.8) is 0 Å². The molecule has 1 aromatic heterocycles. The molecule has 0 saturated heterocycles. The van der Waals surface area contributed by atoms with Gasteiger partial charge in [0.05, 0.1) is 16.6 Å². The highest BCUT2D eigenvalue weighted by Crippen LogP contribution is 2.32. The van der Waals surface area contributed by atoms with Gasteiger partial charge in [-0.15, -0.1) is 0 Å². The van der Waals surface area contributed by atoms with Gasteiger partial charge in [-0.2, -0.15) is 13.2 Å². The van der Waals surface area contributed by atoms with E-state index in [0.29, 0.717) is 5.52 Å². The molecule has 1 atom stereocenters. The Balaban J connectivity index is 2.45. The minimum atomic E-state index is -4.34. The molecule has 2 rings (SSSR count). The van der Waals surface area contributed by atoms with Crippen molar-refractivity contribution in [3.8, 4) is 0 Å². The third kappa shape index (κ3) is 3.91. The maximum Gasteiger partial charge on any atom is 0.416 e. The van der Waals surface area contributed by atoms with Crippen LogP contribution in [0.1, 0.15) is 51.4 Å². The molecule has 0 radical (unpaired) electrons. The SMILES string of the molecule is CCC(C)c1nc2cc(C(F)(F)F)ccc2n1CCN(CC)CC. The molecule has 1 aromatic carbocycles. The summed E-state index contributed by atoms with van der Waals surface area (Å²) in [7, 11) is 0. The monoisotopic (exact) mass is 341 g/mol. The van der Waals surface area contributed by atoms with Gasteiger partial charge in [0.25, 0.3) is 0 Å². The lowest BCUT2D eigenvalue weighted by Gasteiger charge is -2.20. The second-order valence-corrected chi connectivity index (χ2v) is 6.16. The van der Waals surface area contributed by atoms with Crippen LogP contribution < -0.4 is 0 Å². The molecular formula is C18H26F3N3. The molecule has 1 unspecified atom stereocenters. The van der Waals surface area contributed by atoms with E-state index in [0.717, 1.165) is 56.1 Å². The Morgan fingerprint density at radius 3 is 2.38 bits per heavy atom. The first-order chi connectivity index (χ1) is 11.3. The van der Waals surface area contributed by atoms with Gasteiger partial charge < -0.3 is 9.47 Å². The molecule has 0 fully saturated rings. The third-order valence-electron chi connectivity index (χ3n) is 4.69. The largest absolute Gasteiger partial charge is 0.416 e. The maximum absolute atomic E-state index is 13.0. The minimum Gasteiger partial charge on any atom is -0.326 e. The van der Waals surface area contributed by atoms with E-state index in [4.69, 9.17) is 0 Å². The number of benzene rings is 1. The first-order valence-corrected chi connectivity index (χ1v) is 8.61. The molecule has 0 amide bonds. The Morgan fingerprint density at radius 2 is 1.83 bits per heavy atom. The minimum absolute atomic E-state index is 0.212. The Labute approximate surface area is 141 Å². The molecule has 134 valence electrons. The summed E-state index contributed by atoms with van der Waals surface area (Å²) in [5.74, 6) is 1.09. The fourth-order valence-corrected chi connectivity index (χ4v) is 2.90. The number of halogens is 3. The third-order valence-corrected chi connectivity index (χ3v) is 4.69. The first kappa shape index (κ1) is 18.8. The van der Waals surface area contributed by atoms with Crippen molar-refractivity contribution in [3.05, 3.63) is 29.6 Å². The van der Waals surface area contributed by atoms with Crippen molar-refractivity contribution in [2.45, 2.75) is 52.8 Å². The summed E-state index contributed by atoms with van der Waals surface area (Å²) in [6, 6.07) is 3.87. The van der Waals surface area contributed by atoms with Crippen molar-refractivity contribution in [2.75, 3.05) is 19.6 Å². The number of rotatable bonds is 7. The lowest BCUT2D eigenvalue weighted by Crippen LogP contribution is -2.27. The topological polar surface area (TPSA) is 21.1 Å². The molecule has 0 saturated carbocycles. The Hall–Kier alpha value is -1.56. The van der Waals surface area contributed by atoms with E-state index >= 15 is 0 Å². The predicted molar refractivity (Wildman–Crippen MR) is 91.2 cm³/mol. The summed E-state index contributed by atoms with van der Waals surface area (Å²) >= 11 is 0. The van der Waals surface area contributed by atoms with E-state index in [1.165, 1.54) is 0 Å². The van der Waals surface area contributed by atoms with Crippen LogP contribution in [-0.2, 0) is 12.7 Å². The second-order valence-electron chi connectivity index (χ2n) is 6.16. The molecule has 0 aliphatic rings. The van der Waals surface area contributed by atoms with E-state index in [2.05, 4.69) is 42.1 Å². The highest BCUT2D eigenvalue weighted by atomic mass is 19.4. The molecule has 6 heteroatoms. The number of hydrogen-bond donors (Lipinski definition) is 0. The number of hydrogen-bond acceptors (Lipinski definition) is 2. The van der Waals surface area contributed by atoms with Gasteiger partial charge in [-0.05, 0) is 37.7 Å². The van der Waals surface area contributed by atoms with Crippen LogP contribution in [0.3, 0.4) is 0 Å². The number of alkyl halides is 3. The predicted octanol–water partition coefficient (Wildman–Crippen LogP) is 4.91. The maximum atomic E-state index is 13.0. The Morgan fingerprint density at radius 1 is 1.17 bits per heavy atom. The van der Waals surface area contributed by atoms with Crippen molar-refractivity contribution >= 4 is 11.0 Å². The van der Waals surface area contributed by atoms with E-state index in [-0.39, 0.29) is 5.92 Å². The van der Waals surface area contributed by atoms with Gasteiger partial charge in [-0.25, -0.2) is 4.98 Å². The zero-order chi connectivity index (χ0) is 17.9. The van der Waals surface area contributed by atoms with Gasteiger partial charge in [-0.3, -0.25) is 0 Å². The van der Waals surface area contributed by atoms with Crippen molar-refractivity contribution in [2.24, 2.45) is 0 Å². The molecule has 0 spiro atoms. The quantitative estimate of drug-likeness (QED) is 0.713. The van der Waals surface area contributed by atoms with Crippen molar-refractivity contribution in [1.29, 1.82) is 0 Å². The molecule has 24 heavy (non-hydrogen) atoms. The first-order valence-electron chi connectivity index (χ1n) is 8.61. The lowest BCUT2D eigenvalue weighted by molar-refractivity contribution is -0.137. The van der Waals surface area contributed by atoms with Gasteiger partial charge in [0, 0.05) is 19.0 Å². The summed E-state index contributed by atoms with van der Waals surface area (Å²) in [6.07, 6.45) is -3.43. The molecule has 0 N–H and O–H groups in total. The van der Waals surface area contributed by atoms with Gasteiger partial charge in [0.1, 0.15) is 5.82 Å². The summed E-state index contributed by atoms with van der Waals surface area (Å²) in [4.78, 5) is 6.83. The summed E-state index contributed by atoms with van der Waals surface area (Å²) < 4.78 is 40.9. The lowest BCUT2D eigenvalue weighted by atomic mass is 10.1. The van der Waals surface area contributed by atoms with Crippen LogP contribution in [0.15, 0.2) is 18.2 Å². The van der Waals surface area contributed by atoms with Crippen molar-refractivity contribution < 1.29 is 13.2 Å². The number of likely N-dealkylation sites (N-methyl/N-ethyl adjacent to an activating group) is 1. The molecule has 0 aliphatic carbocycles. The number of imidazole rings is 1. The standard InChI is InChI=1S/C18H26F3N3/c1-5-13(4)17-22-15-12-14(18(19,20)21)8-9-16(15)24(17)11-10-23(6-2)7-3/h8-9,12-13H,5-7,10-11H2,1-4H3. The summed E-state index contributed by atoms with van der Waals surface area (Å²) in [5.41, 5.74) is 0.573. The van der Waals surface area contributed by atoms with Crippen LogP contribution in [0.4, 0.5) is 13.2 Å². The highest BCUT2D eigenvalue weighted by Gasteiger charge is 2.31. The highest BCUT2D eigenvalue weighted by molar-refractivity contribution is 5.77. The van der Waals surface area contributed by atoms with E-state index in [9.17, 15) is 13.2 Å². The zero-order valence-electron chi connectivity index (χ0n) is 14.8. The molecular weight excluding hydrogens is 315 g/mol. The molecule has 0 bridgehead atoms. The van der Waals surface area contributed by atoms with E-state index < -0.39 is 11.7 Å². The van der Waals surface area contributed by atoms with Gasteiger partial charge >= 0.3 is 6.18 Å². The van der Waals surface area contributed by atoms with Crippen LogP contribution in [-0.4, -0.2) is 34.1 Å². The van der Waals surface area contributed by atoms with Crippen LogP contribution >= 0.6 is 0 Å². The van der Waals surface area contributed by atoms with Crippen LogP contribution in [0, 0.1) is 0 Å². The Kier molecular flexibility index (Phi) is 5.91. The fraction of sp³-hybridized carbons (Fsp3) is 0.611. The molecule has 3 nitrogen and oxygen atoms in total. The average Bonchev–Trinajstić information content (AvgIpc) is 2.92. The zero-order valence-corrected chi connectivity index (χ0v) is 14.8. The molecule has 0 aliphatic heterocycles. The Bertz CT molecular complexity index is 672. The fourth-order valence-electron chi connectivity index (χ4n) is 2.90. The van der Waals surface area contributed by atoms with Crippen LogP contribution in [0.25, 0.3) is 11.0 Å². The number of nitrogens with zero attached hydrogens (tertiary/aromatic N) is 3. The van der Waals surface area contributed by atoms with E-state index in [1.54, 1.807) is 6.07 Å². The second kappa shape index (κ2) is 7.55. The summed E-state index contributed by atoms with van der Waals surface area (Å²) in [6.45, 7) is 11.9. The van der Waals surface area contributed by atoms with Gasteiger partial charge in [0.15, 0.2) is 0 Å².